The minimum Gasteiger partial charge on any atom is -0.497 e. The summed E-state index contributed by atoms with van der Waals surface area (Å²) >= 11 is 0. The Morgan fingerprint density at radius 1 is 0.970 bits per heavy atom. The van der Waals surface area contributed by atoms with Crippen LogP contribution in [0.25, 0.3) is 11.0 Å². The van der Waals surface area contributed by atoms with Gasteiger partial charge in [0.25, 0.3) is 0 Å². The molecular weight excluding hydrogens is 422 g/mol. The Hall–Kier alpha value is -3.03. The van der Waals surface area contributed by atoms with Gasteiger partial charge in [-0.25, -0.2) is 4.79 Å². The SMILES string of the molecule is COc1ccc([C@@H](CCN2CCOCC2)c2c(OC)cc(OC)c3c(C)cc(=O)oc23)cc1. The van der Waals surface area contributed by atoms with Crippen molar-refractivity contribution >= 4 is 11.0 Å². The van der Waals surface area contributed by atoms with Gasteiger partial charge in [-0.1, -0.05) is 12.1 Å². The molecular formula is C26H31NO6. The first-order valence-corrected chi connectivity index (χ1v) is 11.2. The third-order valence-corrected chi connectivity index (χ3v) is 6.32. The van der Waals surface area contributed by atoms with Gasteiger partial charge in [0.05, 0.1) is 39.9 Å². The Balaban J connectivity index is 1.89. The van der Waals surface area contributed by atoms with E-state index in [9.17, 15) is 4.79 Å². The largest absolute Gasteiger partial charge is 0.497 e. The molecule has 1 saturated heterocycles. The molecule has 2 aromatic carbocycles. The van der Waals surface area contributed by atoms with Gasteiger partial charge in [0.15, 0.2) is 0 Å². The van der Waals surface area contributed by atoms with E-state index in [1.54, 1.807) is 21.3 Å². The normalized spacial score (nSPS) is 15.4. The van der Waals surface area contributed by atoms with Crippen LogP contribution >= 0.6 is 0 Å². The Labute approximate surface area is 193 Å². The molecule has 0 amide bonds. The highest BCUT2D eigenvalue weighted by atomic mass is 16.5. The third-order valence-electron chi connectivity index (χ3n) is 6.32. The number of rotatable bonds is 8. The van der Waals surface area contributed by atoms with Crippen LogP contribution in [-0.2, 0) is 4.74 Å². The van der Waals surface area contributed by atoms with Gasteiger partial charge in [-0.15, -0.1) is 0 Å². The van der Waals surface area contributed by atoms with Crippen LogP contribution in [0.15, 0.2) is 45.6 Å². The summed E-state index contributed by atoms with van der Waals surface area (Å²) < 4.78 is 28.1. The zero-order valence-electron chi connectivity index (χ0n) is 19.7. The molecule has 3 aromatic rings. The fourth-order valence-electron chi connectivity index (χ4n) is 4.60. The van der Waals surface area contributed by atoms with Crippen molar-refractivity contribution in [1.29, 1.82) is 0 Å². The zero-order valence-corrected chi connectivity index (χ0v) is 19.7. The molecule has 2 heterocycles. The molecule has 1 aromatic heterocycles. The molecule has 0 saturated carbocycles. The predicted molar refractivity (Wildman–Crippen MR) is 127 cm³/mol. The third kappa shape index (κ3) is 4.84. The maximum atomic E-state index is 12.4. The smallest absolute Gasteiger partial charge is 0.336 e. The molecule has 7 nitrogen and oxygen atoms in total. The van der Waals surface area contributed by atoms with Gasteiger partial charge >= 0.3 is 5.63 Å². The van der Waals surface area contributed by atoms with Gasteiger partial charge in [0, 0.05) is 36.7 Å². The van der Waals surface area contributed by atoms with Crippen LogP contribution in [0, 0.1) is 6.92 Å². The predicted octanol–water partition coefficient (Wildman–Crippen LogP) is 3.98. The van der Waals surface area contributed by atoms with Crippen molar-refractivity contribution in [2.24, 2.45) is 0 Å². The van der Waals surface area contributed by atoms with Crippen molar-refractivity contribution in [3.63, 3.8) is 0 Å². The highest BCUT2D eigenvalue weighted by molar-refractivity contribution is 5.92. The average molecular weight is 454 g/mol. The van der Waals surface area contributed by atoms with Crippen LogP contribution in [0.4, 0.5) is 0 Å². The quantitative estimate of drug-likeness (QED) is 0.478. The number of methoxy groups -OCH3 is 3. The minimum absolute atomic E-state index is 0.0629. The van der Waals surface area contributed by atoms with E-state index in [2.05, 4.69) is 17.0 Å². The summed E-state index contributed by atoms with van der Waals surface area (Å²) in [5.41, 5.74) is 2.88. The summed E-state index contributed by atoms with van der Waals surface area (Å²) in [4.78, 5) is 14.8. The van der Waals surface area contributed by atoms with E-state index in [1.165, 1.54) is 6.07 Å². The Morgan fingerprint density at radius 2 is 1.67 bits per heavy atom. The Morgan fingerprint density at radius 3 is 2.30 bits per heavy atom. The Kier molecular flexibility index (Phi) is 7.20. The molecule has 1 fully saturated rings. The second-order valence-corrected chi connectivity index (χ2v) is 8.22. The van der Waals surface area contributed by atoms with Gasteiger partial charge in [-0.05, 0) is 43.1 Å². The maximum absolute atomic E-state index is 12.4. The molecule has 1 atom stereocenters. The molecule has 0 aliphatic carbocycles. The first-order chi connectivity index (χ1) is 16.0. The Bertz CT molecular complexity index is 1150. The molecule has 0 N–H and O–H groups in total. The fourth-order valence-corrected chi connectivity index (χ4v) is 4.60. The fraction of sp³-hybridized carbons (Fsp3) is 0.423. The summed E-state index contributed by atoms with van der Waals surface area (Å²) in [6.07, 6.45) is 0.821. The van der Waals surface area contributed by atoms with Gasteiger partial charge in [-0.3, -0.25) is 4.90 Å². The van der Waals surface area contributed by atoms with Crippen LogP contribution in [0.2, 0.25) is 0 Å². The molecule has 0 radical (unpaired) electrons. The van der Waals surface area contributed by atoms with Crippen LogP contribution in [0.1, 0.15) is 29.0 Å². The van der Waals surface area contributed by atoms with E-state index in [-0.39, 0.29) is 5.92 Å². The second-order valence-electron chi connectivity index (χ2n) is 8.22. The molecule has 0 unspecified atom stereocenters. The van der Waals surface area contributed by atoms with Gasteiger partial charge in [0.1, 0.15) is 22.8 Å². The number of hydrogen-bond donors (Lipinski definition) is 0. The molecule has 33 heavy (non-hydrogen) atoms. The highest BCUT2D eigenvalue weighted by Gasteiger charge is 2.27. The van der Waals surface area contributed by atoms with Crippen molar-refractivity contribution in [3.8, 4) is 17.2 Å². The molecule has 4 rings (SSSR count). The lowest BCUT2D eigenvalue weighted by Crippen LogP contribution is -2.37. The van der Waals surface area contributed by atoms with E-state index >= 15 is 0 Å². The van der Waals surface area contributed by atoms with Crippen LogP contribution in [0.5, 0.6) is 17.2 Å². The van der Waals surface area contributed by atoms with E-state index in [1.807, 2.05) is 25.1 Å². The minimum atomic E-state index is -0.391. The molecule has 0 bridgehead atoms. The van der Waals surface area contributed by atoms with Gasteiger partial charge in [0.2, 0.25) is 0 Å². The van der Waals surface area contributed by atoms with Crippen molar-refractivity contribution in [3.05, 3.63) is 63.5 Å². The van der Waals surface area contributed by atoms with Gasteiger partial charge in [-0.2, -0.15) is 0 Å². The van der Waals surface area contributed by atoms with E-state index in [4.69, 9.17) is 23.4 Å². The van der Waals surface area contributed by atoms with Crippen molar-refractivity contribution < 1.29 is 23.4 Å². The second kappa shape index (κ2) is 10.3. The molecule has 7 heteroatoms. The summed E-state index contributed by atoms with van der Waals surface area (Å²) in [5, 5.41) is 0.790. The molecule has 1 aliphatic rings. The van der Waals surface area contributed by atoms with Crippen LogP contribution in [-0.4, -0.2) is 59.1 Å². The summed E-state index contributed by atoms with van der Waals surface area (Å²) in [5.74, 6) is 1.98. The van der Waals surface area contributed by atoms with Crippen LogP contribution in [0.3, 0.4) is 0 Å². The topological polar surface area (TPSA) is 70.4 Å². The number of aryl methyl sites for hydroxylation is 1. The number of ether oxygens (including phenoxy) is 4. The van der Waals surface area contributed by atoms with E-state index in [0.29, 0.717) is 17.1 Å². The van der Waals surface area contributed by atoms with Crippen LogP contribution < -0.4 is 19.8 Å². The number of benzene rings is 2. The summed E-state index contributed by atoms with van der Waals surface area (Å²) in [7, 11) is 4.89. The van der Waals surface area contributed by atoms with Crippen molar-refractivity contribution in [1.82, 2.24) is 4.90 Å². The zero-order chi connectivity index (χ0) is 23.4. The number of morpholine rings is 1. The standard InChI is InChI=1S/C26H31NO6/c1-17-15-23(28)33-26-24(17)21(30-3)16-22(31-4)25(26)20(9-10-27-11-13-32-14-12-27)18-5-7-19(29-2)8-6-18/h5-8,15-16,20H,9-14H2,1-4H3/t20-/m1/s1. The average Bonchev–Trinajstić information content (AvgIpc) is 2.84. The number of hydrogen-bond acceptors (Lipinski definition) is 7. The van der Waals surface area contributed by atoms with E-state index < -0.39 is 5.63 Å². The van der Waals surface area contributed by atoms with Gasteiger partial charge < -0.3 is 23.4 Å². The molecule has 176 valence electrons. The lowest BCUT2D eigenvalue weighted by molar-refractivity contribution is 0.0369. The first kappa shape index (κ1) is 23.1. The maximum Gasteiger partial charge on any atom is 0.336 e. The number of fused-ring (bicyclic) bond motifs is 1. The monoisotopic (exact) mass is 453 g/mol. The van der Waals surface area contributed by atoms with Crippen molar-refractivity contribution in [2.45, 2.75) is 19.3 Å². The van der Waals surface area contributed by atoms with E-state index in [0.717, 1.165) is 67.1 Å². The highest BCUT2D eigenvalue weighted by Crippen LogP contribution is 2.44. The molecule has 0 spiro atoms. The summed E-state index contributed by atoms with van der Waals surface area (Å²) in [6.45, 7) is 6.08. The first-order valence-electron chi connectivity index (χ1n) is 11.2. The lowest BCUT2D eigenvalue weighted by Gasteiger charge is -2.29. The number of nitrogens with zero attached hydrogens (tertiary/aromatic N) is 1. The lowest BCUT2D eigenvalue weighted by atomic mass is 9.85. The summed E-state index contributed by atoms with van der Waals surface area (Å²) in [6, 6.07) is 11.4. The van der Waals surface area contributed by atoms with Crippen molar-refractivity contribution in [2.75, 3.05) is 54.2 Å². The molecule has 1 aliphatic heterocycles.